The van der Waals surface area contributed by atoms with Crippen LogP contribution in [0.15, 0.2) is 40.6 Å². The zero-order chi connectivity index (χ0) is 22.8. The molecule has 5 rings (SSSR count). The van der Waals surface area contributed by atoms with E-state index in [9.17, 15) is 4.79 Å². The zero-order valence-electron chi connectivity index (χ0n) is 18.8. The van der Waals surface area contributed by atoms with Crippen LogP contribution in [-0.4, -0.2) is 53.4 Å². The van der Waals surface area contributed by atoms with Crippen LogP contribution in [0.1, 0.15) is 52.3 Å². The van der Waals surface area contributed by atoms with Gasteiger partial charge in [0.1, 0.15) is 5.76 Å². The summed E-state index contributed by atoms with van der Waals surface area (Å²) in [4.78, 5) is 19.7. The minimum Gasteiger partial charge on any atom is -0.455 e. The summed E-state index contributed by atoms with van der Waals surface area (Å²) in [6, 6.07) is 9.83. The number of primary amides is 1. The van der Waals surface area contributed by atoms with E-state index in [-0.39, 0.29) is 5.76 Å². The number of H-pyrrole nitrogens is 1. The quantitative estimate of drug-likeness (QED) is 0.543. The number of nitrogens with one attached hydrogen (secondary N) is 1. The van der Waals surface area contributed by atoms with Crippen molar-refractivity contribution in [1.82, 2.24) is 14.8 Å². The summed E-state index contributed by atoms with van der Waals surface area (Å²) in [5.41, 5.74) is 10.8. The molecule has 1 fully saturated rings. The van der Waals surface area contributed by atoms with E-state index in [0.29, 0.717) is 5.56 Å². The van der Waals surface area contributed by atoms with Crippen LogP contribution in [0.2, 0.25) is 0 Å². The van der Waals surface area contributed by atoms with Crippen molar-refractivity contribution in [3.8, 4) is 6.07 Å². The third kappa shape index (κ3) is 4.53. The number of amides is 1. The number of nitrogens with zero attached hydrogens (tertiary/aromatic N) is 3. The van der Waals surface area contributed by atoms with Gasteiger partial charge in [-0.15, -0.1) is 0 Å². The van der Waals surface area contributed by atoms with Crippen molar-refractivity contribution in [3.63, 3.8) is 0 Å². The second-order valence-electron chi connectivity index (χ2n) is 8.96. The number of allylic oxidation sites excluding steroid dienone is 1. The molecule has 1 amide bonds. The molecule has 0 spiro atoms. The van der Waals surface area contributed by atoms with E-state index in [4.69, 9.17) is 15.4 Å². The molecule has 2 aromatic heterocycles. The molecule has 0 bridgehead atoms. The fourth-order valence-corrected chi connectivity index (χ4v) is 4.99. The Kier molecular flexibility index (Phi) is 5.93. The Morgan fingerprint density at radius 1 is 1.15 bits per heavy atom. The van der Waals surface area contributed by atoms with E-state index in [1.807, 2.05) is 18.2 Å². The maximum atomic E-state index is 11.4. The number of aryl methyl sites for hydroxylation is 2. The molecule has 0 unspecified atom stereocenters. The maximum Gasteiger partial charge on any atom is 0.284 e. The normalized spacial score (nSPS) is 16.5. The van der Waals surface area contributed by atoms with Crippen LogP contribution in [0.25, 0.3) is 17.0 Å². The van der Waals surface area contributed by atoms with E-state index in [0.717, 1.165) is 75.2 Å². The first kappa shape index (κ1) is 21.4. The lowest BCUT2D eigenvalue weighted by Crippen LogP contribution is -2.46. The number of unbranched alkanes of at least 4 members (excludes halogenated alkanes) is 1. The molecule has 1 aliphatic carbocycles. The van der Waals surface area contributed by atoms with Gasteiger partial charge < -0.3 is 20.0 Å². The van der Waals surface area contributed by atoms with Crippen LogP contribution in [0.5, 0.6) is 0 Å². The topological polar surface area (TPSA) is 102 Å². The monoisotopic (exact) mass is 443 g/mol. The first-order valence-corrected chi connectivity index (χ1v) is 11.7. The SMILES string of the molecule is N#Cc1ccc2[nH]cc(CCCCN3CCN(C4=Cc5cc(C(N)=O)oc5CC4)CC3)c2c1. The summed E-state index contributed by atoms with van der Waals surface area (Å²) in [5, 5.41) is 10.3. The van der Waals surface area contributed by atoms with Crippen molar-refractivity contribution in [3.05, 3.63) is 64.4 Å². The van der Waals surface area contributed by atoms with E-state index >= 15 is 0 Å². The van der Waals surface area contributed by atoms with E-state index in [2.05, 4.69) is 33.1 Å². The lowest BCUT2D eigenvalue weighted by molar-refractivity contribution is 0.0972. The van der Waals surface area contributed by atoms with Crippen molar-refractivity contribution in [2.75, 3.05) is 32.7 Å². The summed E-state index contributed by atoms with van der Waals surface area (Å²) in [6.45, 7) is 5.32. The minimum absolute atomic E-state index is 0.250. The molecule has 3 N–H and O–H groups in total. The van der Waals surface area contributed by atoms with Crippen LogP contribution in [0.3, 0.4) is 0 Å². The van der Waals surface area contributed by atoms with E-state index in [1.54, 1.807) is 6.07 Å². The Labute approximate surface area is 193 Å². The molecule has 1 saturated heterocycles. The molecule has 3 heterocycles. The second-order valence-corrected chi connectivity index (χ2v) is 8.96. The van der Waals surface area contributed by atoms with Crippen molar-refractivity contribution in [2.45, 2.75) is 32.1 Å². The van der Waals surface area contributed by atoms with Gasteiger partial charge >= 0.3 is 0 Å². The number of nitriles is 1. The highest BCUT2D eigenvalue weighted by Gasteiger charge is 2.23. The first-order chi connectivity index (χ1) is 16.1. The summed E-state index contributed by atoms with van der Waals surface area (Å²) >= 11 is 0. The van der Waals surface area contributed by atoms with Crippen molar-refractivity contribution >= 4 is 22.9 Å². The van der Waals surface area contributed by atoms with Crippen LogP contribution >= 0.6 is 0 Å². The Balaban J connectivity index is 1.09. The lowest BCUT2D eigenvalue weighted by Gasteiger charge is -2.38. The van der Waals surface area contributed by atoms with Gasteiger partial charge in [-0.05, 0) is 68.1 Å². The number of nitrogens with two attached hydrogens (primary N) is 1. The average molecular weight is 444 g/mol. The number of rotatable bonds is 7. The van der Waals surface area contributed by atoms with Crippen molar-refractivity contribution in [1.29, 1.82) is 5.26 Å². The molecule has 0 atom stereocenters. The molecule has 0 radical (unpaired) electrons. The van der Waals surface area contributed by atoms with Gasteiger partial charge in [0.05, 0.1) is 11.6 Å². The van der Waals surface area contributed by atoms with Crippen LogP contribution in [0, 0.1) is 11.3 Å². The van der Waals surface area contributed by atoms with Gasteiger partial charge in [0.2, 0.25) is 0 Å². The molecule has 0 saturated carbocycles. The van der Waals surface area contributed by atoms with Gasteiger partial charge in [-0.25, -0.2) is 0 Å². The number of furan rings is 1. The van der Waals surface area contributed by atoms with Gasteiger partial charge in [-0.3, -0.25) is 9.69 Å². The number of carbonyl (C=O) groups is 1. The van der Waals surface area contributed by atoms with Gasteiger partial charge in [0, 0.05) is 61.0 Å². The molecular weight excluding hydrogens is 414 g/mol. The van der Waals surface area contributed by atoms with E-state index < -0.39 is 5.91 Å². The van der Waals surface area contributed by atoms with Crippen LogP contribution in [0.4, 0.5) is 0 Å². The standard InChI is InChI=1S/C26H29N5O2/c27-16-18-4-6-23-22(13-18)19(17-29-23)3-1-2-8-30-9-11-31(12-10-30)21-5-7-24-20(14-21)15-25(33-24)26(28)32/h4,6,13-15,17,29H,1-3,5,7-12H2,(H2,28,32). The van der Waals surface area contributed by atoms with Crippen molar-refractivity contribution in [2.24, 2.45) is 5.73 Å². The van der Waals surface area contributed by atoms with Gasteiger partial charge in [-0.2, -0.15) is 5.26 Å². The zero-order valence-corrected chi connectivity index (χ0v) is 18.8. The minimum atomic E-state index is -0.510. The fraction of sp³-hybridized carbons (Fsp3) is 0.385. The fourth-order valence-electron chi connectivity index (χ4n) is 4.99. The molecular formula is C26H29N5O2. The van der Waals surface area contributed by atoms with E-state index in [1.165, 1.54) is 23.1 Å². The molecule has 170 valence electrons. The van der Waals surface area contributed by atoms with Gasteiger partial charge in [0.15, 0.2) is 5.76 Å². The van der Waals surface area contributed by atoms with Crippen LogP contribution < -0.4 is 5.73 Å². The highest BCUT2D eigenvalue weighted by atomic mass is 16.3. The number of carbonyl (C=O) groups excluding carboxylic acids is 1. The summed E-state index contributed by atoms with van der Waals surface area (Å²) in [6.07, 6.45) is 9.34. The molecule has 1 aromatic carbocycles. The summed E-state index contributed by atoms with van der Waals surface area (Å²) < 4.78 is 5.58. The number of hydrogen-bond acceptors (Lipinski definition) is 5. The third-order valence-electron chi connectivity index (χ3n) is 6.86. The molecule has 7 nitrogen and oxygen atoms in total. The van der Waals surface area contributed by atoms with Crippen LogP contribution in [-0.2, 0) is 12.8 Å². The Morgan fingerprint density at radius 3 is 2.79 bits per heavy atom. The predicted octanol–water partition coefficient (Wildman–Crippen LogP) is 3.66. The number of piperazine rings is 1. The maximum absolute atomic E-state index is 11.4. The average Bonchev–Trinajstić information content (AvgIpc) is 3.45. The number of benzene rings is 1. The number of aromatic amines is 1. The summed E-state index contributed by atoms with van der Waals surface area (Å²) in [5.74, 6) is 0.607. The Morgan fingerprint density at radius 2 is 2.00 bits per heavy atom. The largest absolute Gasteiger partial charge is 0.455 e. The number of aromatic nitrogens is 1. The lowest BCUT2D eigenvalue weighted by atomic mass is 10.0. The molecule has 2 aliphatic rings. The number of hydrogen-bond donors (Lipinski definition) is 2. The number of fused-ring (bicyclic) bond motifs is 2. The molecule has 33 heavy (non-hydrogen) atoms. The third-order valence-corrected chi connectivity index (χ3v) is 6.86. The Bertz CT molecular complexity index is 1240. The first-order valence-electron chi connectivity index (χ1n) is 11.7. The smallest absolute Gasteiger partial charge is 0.284 e. The second kappa shape index (κ2) is 9.16. The van der Waals surface area contributed by atoms with Crippen molar-refractivity contribution < 1.29 is 9.21 Å². The predicted molar refractivity (Wildman–Crippen MR) is 127 cm³/mol. The highest BCUT2D eigenvalue weighted by molar-refractivity contribution is 5.91. The highest BCUT2D eigenvalue weighted by Crippen LogP contribution is 2.29. The Hall–Kier alpha value is -3.50. The molecule has 7 heteroatoms. The van der Waals surface area contributed by atoms with Gasteiger partial charge in [-0.1, -0.05) is 0 Å². The molecule has 3 aromatic rings. The summed E-state index contributed by atoms with van der Waals surface area (Å²) in [7, 11) is 0. The van der Waals surface area contributed by atoms with Gasteiger partial charge in [0.25, 0.3) is 5.91 Å². The molecule has 1 aliphatic heterocycles.